The molecule has 0 bridgehead atoms. The van der Waals surface area contributed by atoms with Crippen LogP contribution < -0.4 is 24.3 Å². The highest BCUT2D eigenvalue weighted by Crippen LogP contribution is 2.40. The van der Waals surface area contributed by atoms with E-state index in [2.05, 4.69) is 15.1 Å². The van der Waals surface area contributed by atoms with Gasteiger partial charge in [-0.2, -0.15) is 0 Å². The molecule has 1 saturated heterocycles. The van der Waals surface area contributed by atoms with Crippen LogP contribution in [0.3, 0.4) is 0 Å². The molecule has 2 aromatic carbocycles. The van der Waals surface area contributed by atoms with Crippen LogP contribution in [-0.2, 0) is 11.3 Å². The van der Waals surface area contributed by atoms with Gasteiger partial charge in [-0.25, -0.2) is 0 Å². The van der Waals surface area contributed by atoms with Crippen molar-refractivity contribution < 1.29 is 28.5 Å². The maximum Gasteiger partial charge on any atom is 0.352 e. The van der Waals surface area contributed by atoms with Crippen molar-refractivity contribution in [2.45, 2.75) is 19.2 Å². The Kier molecular flexibility index (Phi) is 8.04. The number of amides is 1. The summed E-state index contributed by atoms with van der Waals surface area (Å²) in [5.74, 6) is 2.45. The molecule has 0 aromatic heterocycles. The molecule has 1 unspecified atom stereocenters. The Morgan fingerprint density at radius 1 is 1.00 bits per heavy atom. The molecule has 0 spiro atoms. The zero-order chi connectivity index (χ0) is 24.8. The number of para-hydroxylation sites is 2. The SMILES string of the molecule is COc1ccc(CN2CCN(CC(=O)NCCC3Oc4ccccc4[N+]3=O)CC2)c(OC)c1OC. The lowest BCUT2D eigenvalue weighted by Crippen LogP contribution is -2.49. The summed E-state index contributed by atoms with van der Waals surface area (Å²) in [5, 5.41) is 2.91. The number of fused-ring (bicyclic) bond motifs is 1. The summed E-state index contributed by atoms with van der Waals surface area (Å²) in [6.07, 6.45) is -0.185. The van der Waals surface area contributed by atoms with E-state index in [0.29, 0.717) is 48.2 Å². The summed E-state index contributed by atoms with van der Waals surface area (Å²) in [7, 11) is 4.83. The Morgan fingerprint density at radius 3 is 2.40 bits per heavy atom. The molecule has 0 saturated carbocycles. The smallest absolute Gasteiger partial charge is 0.352 e. The van der Waals surface area contributed by atoms with Gasteiger partial charge < -0.3 is 24.3 Å². The van der Waals surface area contributed by atoms with Crippen LogP contribution in [0.15, 0.2) is 36.4 Å². The molecule has 10 heteroatoms. The van der Waals surface area contributed by atoms with Crippen LogP contribution in [0.1, 0.15) is 12.0 Å². The normalized spacial score (nSPS) is 18.0. The van der Waals surface area contributed by atoms with Crippen molar-refractivity contribution in [2.24, 2.45) is 0 Å². The van der Waals surface area contributed by atoms with Crippen LogP contribution in [-0.4, -0.2) is 87.3 Å². The maximum absolute atomic E-state index is 12.4. The number of carbonyl (C=O) groups excluding carboxylic acids is 1. The second-order valence-electron chi connectivity index (χ2n) is 8.55. The van der Waals surface area contributed by atoms with Crippen LogP contribution >= 0.6 is 0 Å². The molecule has 10 nitrogen and oxygen atoms in total. The molecule has 0 aliphatic carbocycles. The van der Waals surface area contributed by atoms with Gasteiger partial charge in [-0.15, -0.1) is 0 Å². The monoisotopic (exact) mass is 485 g/mol. The van der Waals surface area contributed by atoms with Gasteiger partial charge in [-0.1, -0.05) is 18.2 Å². The fraction of sp³-hybridized carbons (Fsp3) is 0.480. The lowest BCUT2D eigenvalue weighted by atomic mass is 10.1. The molecule has 1 amide bonds. The number of hydrogen-bond acceptors (Lipinski definition) is 8. The summed E-state index contributed by atoms with van der Waals surface area (Å²) in [5.41, 5.74) is 1.56. The van der Waals surface area contributed by atoms with Gasteiger partial charge in [0, 0.05) is 55.8 Å². The number of ether oxygens (including phenoxy) is 4. The van der Waals surface area contributed by atoms with Crippen molar-refractivity contribution in [3.05, 3.63) is 46.9 Å². The largest absolute Gasteiger partial charge is 0.493 e. The van der Waals surface area contributed by atoms with E-state index in [4.69, 9.17) is 18.9 Å². The predicted molar refractivity (Wildman–Crippen MR) is 130 cm³/mol. The van der Waals surface area contributed by atoms with E-state index in [9.17, 15) is 9.70 Å². The predicted octanol–water partition coefficient (Wildman–Crippen LogP) is 2.17. The minimum atomic E-state index is -0.607. The summed E-state index contributed by atoms with van der Waals surface area (Å²) in [6.45, 7) is 4.69. The van der Waals surface area contributed by atoms with Gasteiger partial charge in [-0.05, 0) is 12.1 Å². The quantitative estimate of drug-likeness (QED) is 0.512. The molecule has 2 aromatic rings. The molecule has 188 valence electrons. The maximum atomic E-state index is 12.4. The molecule has 4 rings (SSSR count). The van der Waals surface area contributed by atoms with Gasteiger partial charge in [0.2, 0.25) is 17.4 Å². The molecule has 2 heterocycles. The first-order valence-corrected chi connectivity index (χ1v) is 11.7. The van der Waals surface area contributed by atoms with E-state index >= 15 is 0 Å². The molecule has 35 heavy (non-hydrogen) atoms. The highest BCUT2D eigenvalue weighted by Gasteiger charge is 2.39. The van der Waals surface area contributed by atoms with Gasteiger partial charge in [0.1, 0.15) is 0 Å². The minimum Gasteiger partial charge on any atom is -0.493 e. The zero-order valence-corrected chi connectivity index (χ0v) is 20.5. The van der Waals surface area contributed by atoms with Crippen molar-refractivity contribution in [2.75, 3.05) is 60.6 Å². The minimum absolute atomic E-state index is 0.0482. The lowest BCUT2D eigenvalue weighted by molar-refractivity contribution is -0.529. The number of hydrogen-bond donors (Lipinski definition) is 1. The highest BCUT2D eigenvalue weighted by atomic mass is 16.5. The number of rotatable bonds is 10. The van der Waals surface area contributed by atoms with Crippen molar-refractivity contribution in [3.63, 3.8) is 0 Å². The standard InChI is InChI=1S/C25H32N4O6/c1-32-21-9-8-18(24(33-2)25(21)34-3)16-27-12-14-28(15-13-27)17-22(30)26-11-10-23-29(31)19-6-4-5-7-20(19)35-23/h4-9,23H,10-17H2,1-3H3/p+1. The number of piperazine rings is 1. The van der Waals surface area contributed by atoms with Crippen LogP contribution in [0.4, 0.5) is 5.69 Å². The Morgan fingerprint density at radius 2 is 1.71 bits per heavy atom. The average molecular weight is 486 g/mol. The van der Waals surface area contributed by atoms with Crippen LogP contribution in [0.25, 0.3) is 0 Å². The first kappa shape index (κ1) is 24.7. The van der Waals surface area contributed by atoms with E-state index < -0.39 is 6.23 Å². The van der Waals surface area contributed by atoms with E-state index in [0.717, 1.165) is 43.0 Å². The Bertz CT molecular complexity index is 1050. The van der Waals surface area contributed by atoms with Gasteiger partial charge in [0.25, 0.3) is 0 Å². The zero-order valence-electron chi connectivity index (χ0n) is 20.5. The van der Waals surface area contributed by atoms with Gasteiger partial charge in [0.15, 0.2) is 11.5 Å². The third-order valence-corrected chi connectivity index (χ3v) is 6.35. The number of methoxy groups -OCH3 is 3. The van der Waals surface area contributed by atoms with E-state index in [1.165, 1.54) is 0 Å². The van der Waals surface area contributed by atoms with Crippen LogP contribution in [0, 0.1) is 4.91 Å². The molecule has 1 N–H and O–H groups in total. The number of nitroso groups, excluding NO2 is 1. The first-order valence-electron chi connectivity index (χ1n) is 11.7. The number of nitrogens with zero attached hydrogens (tertiary/aromatic N) is 3. The number of nitrogens with one attached hydrogen (secondary N) is 1. The third-order valence-electron chi connectivity index (χ3n) is 6.35. The molecule has 0 radical (unpaired) electrons. The second kappa shape index (κ2) is 11.4. The Labute approximate surface area is 205 Å². The molecule has 1 atom stereocenters. The fourth-order valence-electron chi connectivity index (χ4n) is 4.49. The second-order valence-corrected chi connectivity index (χ2v) is 8.55. The van der Waals surface area contributed by atoms with E-state index in [1.54, 1.807) is 39.5 Å². The van der Waals surface area contributed by atoms with Gasteiger partial charge in [-0.3, -0.25) is 14.6 Å². The van der Waals surface area contributed by atoms with E-state index in [1.807, 2.05) is 18.2 Å². The lowest BCUT2D eigenvalue weighted by Gasteiger charge is -2.34. The topological polar surface area (TPSA) is 92.6 Å². The highest BCUT2D eigenvalue weighted by molar-refractivity contribution is 5.78. The Balaban J connectivity index is 1.19. The molecule has 2 aliphatic heterocycles. The number of benzene rings is 2. The van der Waals surface area contributed by atoms with Crippen LogP contribution in [0.5, 0.6) is 23.0 Å². The Hall–Kier alpha value is -3.37. The summed E-state index contributed by atoms with van der Waals surface area (Å²) < 4.78 is 23.0. The summed E-state index contributed by atoms with van der Waals surface area (Å²) in [4.78, 5) is 29.2. The summed E-state index contributed by atoms with van der Waals surface area (Å²) in [6, 6.07) is 11.0. The summed E-state index contributed by atoms with van der Waals surface area (Å²) >= 11 is 0. The fourth-order valence-corrected chi connectivity index (χ4v) is 4.49. The molecular weight excluding hydrogens is 452 g/mol. The van der Waals surface area contributed by atoms with Crippen molar-refractivity contribution in [1.82, 2.24) is 15.1 Å². The van der Waals surface area contributed by atoms with Crippen molar-refractivity contribution in [3.8, 4) is 23.0 Å². The van der Waals surface area contributed by atoms with Crippen molar-refractivity contribution >= 4 is 11.6 Å². The number of carbonyl (C=O) groups is 1. The molecule has 2 aliphatic rings. The molecular formula is C25H33N4O6+. The van der Waals surface area contributed by atoms with Crippen molar-refractivity contribution in [1.29, 1.82) is 0 Å². The van der Waals surface area contributed by atoms with Gasteiger partial charge >= 0.3 is 11.9 Å². The van der Waals surface area contributed by atoms with E-state index in [-0.39, 0.29) is 5.91 Å². The average Bonchev–Trinajstić information content (AvgIpc) is 3.20. The van der Waals surface area contributed by atoms with Crippen LogP contribution in [0.2, 0.25) is 0 Å². The molecule has 1 fully saturated rings. The first-order chi connectivity index (χ1) is 17.0. The third kappa shape index (κ3) is 5.66. The van der Waals surface area contributed by atoms with Gasteiger partial charge in [0.05, 0.1) is 39.1 Å².